The van der Waals surface area contributed by atoms with Crippen LogP contribution in [-0.4, -0.2) is 18.3 Å². The molecule has 0 amide bonds. The van der Waals surface area contributed by atoms with Gasteiger partial charge in [0.25, 0.3) is 0 Å². The summed E-state index contributed by atoms with van der Waals surface area (Å²) in [4.78, 5) is 0. The van der Waals surface area contributed by atoms with E-state index in [-0.39, 0.29) is 18.3 Å². The SMILES string of the molecule is CCCCCCCCCC(CCCCC)OP(OC(CCCCC)CCCCCCCCC)OC(CCCCC)CCCCCCCCC. The molecule has 296 valence electrons. The molecule has 49 heavy (non-hydrogen) atoms. The maximum absolute atomic E-state index is 7.08. The van der Waals surface area contributed by atoms with Crippen molar-refractivity contribution in [2.45, 2.75) is 291 Å². The molecule has 0 rings (SSSR count). The molecule has 0 aliphatic rings. The molecule has 3 atom stereocenters. The summed E-state index contributed by atoms with van der Waals surface area (Å²) in [6, 6.07) is 0. The Balaban J connectivity index is 5.67. The predicted octanol–water partition coefficient (Wildman–Crippen LogP) is 17.5. The fraction of sp³-hybridized carbons (Fsp3) is 1.00. The molecule has 0 aliphatic heterocycles. The summed E-state index contributed by atoms with van der Waals surface area (Å²) in [7, 11) is -1.34. The highest BCUT2D eigenvalue weighted by molar-refractivity contribution is 7.41. The van der Waals surface area contributed by atoms with Gasteiger partial charge in [-0.1, -0.05) is 234 Å². The van der Waals surface area contributed by atoms with Crippen molar-refractivity contribution < 1.29 is 13.6 Å². The predicted molar refractivity (Wildman–Crippen MR) is 222 cm³/mol. The third-order valence-corrected chi connectivity index (χ3v) is 11.9. The Morgan fingerprint density at radius 2 is 0.408 bits per heavy atom. The normalized spacial score (nSPS) is 14.3. The first-order valence-electron chi connectivity index (χ1n) is 22.9. The molecule has 0 aromatic heterocycles. The van der Waals surface area contributed by atoms with E-state index < -0.39 is 8.60 Å². The third kappa shape index (κ3) is 35.1. The van der Waals surface area contributed by atoms with Crippen molar-refractivity contribution in [2.75, 3.05) is 0 Å². The molecule has 0 N–H and O–H groups in total. The number of hydrogen-bond donors (Lipinski definition) is 0. The number of hydrogen-bond acceptors (Lipinski definition) is 3. The molecule has 0 aromatic carbocycles. The molecule has 0 bridgehead atoms. The van der Waals surface area contributed by atoms with Crippen LogP contribution in [0.2, 0.25) is 0 Å². The van der Waals surface area contributed by atoms with E-state index >= 15 is 0 Å². The van der Waals surface area contributed by atoms with Gasteiger partial charge in [0.15, 0.2) is 0 Å². The van der Waals surface area contributed by atoms with Crippen LogP contribution in [0.1, 0.15) is 273 Å². The lowest BCUT2D eigenvalue weighted by Gasteiger charge is -2.30. The van der Waals surface area contributed by atoms with Gasteiger partial charge in [-0.3, -0.25) is 0 Å². The molecule has 0 fully saturated rings. The van der Waals surface area contributed by atoms with Crippen molar-refractivity contribution in [2.24, 2.45) is 0 Å². The van der Waals surface area contributed by atoms with Crippen LogP contribution in [0.3, 0.4) is 0 Å². The fourth-order valence-corrected chi connectivity index (χ4v) is 8.55. The first-order chi connectivity index (χ1) is 24.1. The molecule has 0 aliphatic carbocycles. The van der Waals surface area contributed by atoms with Crippen LogP contribution < -0.4 is 0 Å². The minimum absolute atomic E-state index is 0.276. The molecule has 0 saturated heterocycles. The minimum Gasteiger partial charge on any atom is -0.309 e. The summed E-state index contributed by atoms with van der Waals surface area (Å²) in [6.07, 6.45) is 47.8. The average molecular weight is 713 g/mol. The summed E-state index contributed by atoms with van der Waals surface area (Å²) in [5.41, 5.74) is 0. The van der Waals surface area contributed by atoms with Gasteiger partial charge in [-0.25, -0.2) is 0 Å². The van der Waals surface area contributed by atoms with Gasteiger partial charge in [-0.2, -0.15) is 0 Å². The second kappa shape index (κ2) is 41.1. The van der Waals surface area contributed by atoms with Crippen molar-refractivity contribution in [3.05, 3.63) is 0 Å². The molecule has 0 radical (unpaired) electrons. The lowest BCUT2D eigenvalue weighted by Crippen LogP contribution is -2.20. The molecule has 0 spiro atoms. The lowest BCUT2D eigenvalue weighted by atomic mass is 10.0. The highest BCUT2D eigenvalue weighted by Crippen LogP contribution is 2.48. The summed E-state index contributed by atoms with van der Waals surface area (Å²) >= 11 is 0. The Morgan fingerprint density at radius 1 is 0.245 bits per heavy atom. The monoisotopic (exact) mass is 713 g/mol. The van der Waals surface area contributed by atoms with E-state index in [2.05, 4.69) is 41.5 Å². The molecule has 3 nitrogen and oxygen atoms in total. The van der Waals surface area contributed by atoms with Gasteiger partial charge < -0.3 is 13.6 Å². The maximum atomic E-state index is 7.08. The van der Waals surface area contributed by atoms with E-state index in [9.17, 15) is 0 Å². The number of unbranched alkanes of at least 4 members (excludes halogenated alkanes) is 24. The summed E-state index contributed by atoms with van der Waals surface area (Å²) in [6.45, 7) is 13.9. The standard InChI is InChI=1S/C45H93O3P/c1-7-13-19-22-25-28-34-40-43(37-31-16-10-4)46-49(47-44(38-32-17-11-5)41-35-29-26-23-20-14-8-2)48-45(39-33-18-12-6)42-36-30-27-24-21-15-9-3/h43-45H,7-42H2,1-6H3. The second-order valence-electron chi connectivity index (χ2n) is 15.6. The quantitative estimate of drug-likeness (QED) is 0.0466. The zero-order chi connectivity index (χ0) is 35.9. The molecular weight excluding hydrogens is 619 g/mol. The Morgan fingerprint density at radius 3 is 0.633 bits per heavy atom. The van der Waals surface area contributed by atoms with Gasteiger partial charge in [0.1, 0.15) is 0 Å². The molecule has 3 unspecified atom stereocenters. The van der Waals surface area contributed by atoms with E-state index in [0.29, 0.717) is 0 Å². The van der Waals surface area contributed by atoms with Crippen molar-refractivity contribution in [3.63, 3.8) is 0 Å². The van der Waals surface area contributed by atoms with Crippen molar-refractivity contribution in [1.29, 1.82) is 0 Å². The minimum atomic E-state index is -1.34. The van der Waals surface area contributed by atoms with Gasteiger partial charge >= 0.3 is 8.60 Å². The maximum Gasteiger partial charge on any atom is 0.333 e. The Labute approximate surface area is 312 Å². The smallest absolute Gasteiger partial charge is 0.309 e. The number of rotatable bonds is 42. The molecule has 4 heteroatoms. The van der Waals surface area contributed by atoms with Crippen LogP contribution in [0.15, 0.2) is 0 Å². The van der Waals surface area contributed by atoms with Crippen LogP contribution in [0.5, 0.6) is 0 Å². The summed E-state index contributed by atoms with van der Waals surface area (Å²) in [5, 5.41) is 0. The summed E-state index contributed by atoms with van der Waals surface area (Å²) < 4.78 is 21.2. The van der Waals surface area contributed by atoms with E-state index in [1.165, 1.54) is 212 Å². The van der Waals surface area contributed by atoms with Gasteiger partial charge in [0, 0.05) is 0 Å². The zero-order valence-corrected chi connectivity index (χ0v) is 35.8. The van der Waals surface area contributed by atoms with Gasteiger partial charge in [0.05, 0.1) is 18.3 Å². The fourth-order valence-electron chi connectivity index (χ4n) is 7.04. The Hall–Kier alpha value is 0.310. The average Bonchev–Trinajstić information content (AvgIpc) is 3.10. The van der Waals surface area contributed by atoms with E-state index in [4.69, 9.17) is 13.6 Å². The van der Waals surface area contributed by atoms with Crippen LogP contribution in [-0.2, 0) is 13.6 Å². The van der Waals surface area contributed by atoms with Gasteiger partial charge in [-0.15, -0.1) is 0 Å². The van der Waals surface area contributed by atoms with Crippen LogP contribution in [0.4, 0.5) is 0 Å². The van der Waals surface area contributed by atoms with E-state index in [0.717, 1.165) is 19.3 Å². The first-order valence-corrected chi connectivity index (χ1v) is 24.0. The van der Waals surface area contributed by atoms with Crippen molar-refractivity contribution in [3.8, 4) is 0 Å². The third-order valence-electron chi connectivity index (χ3n) is 10.5. The largest absolute Gasteiger partial charge is 0.333 e. The zero-order valence-electron chi connectivity index (χ0n) is 34.9. The lowest BCUT2D eigenvalue weighted by molar-refractivity contribution is 0.0468. The van der Waals surface area contributed by atoms with Crippen LogP contribution >= 0.6 is 8.60 Å². The highest BCUT2D eigenvalue weighted by atomic mass is 31.2. The van der Waals surface area contributed by atoms with Crippen LogP contribution in [0, 0.1) is 0 Å². The highest BCUT2D eigenvalue weighted by Gasteiger charge is 2.27. The van der Waals surface area contributed by atoms with Crippen molar-refractivity contribution >= 4 is 8.60 Å². The Kier molecular flexibility index (Phi) is 41.3. The van der Waals surface area contributed by atoms with Gasteiger partial charge in [-0.05, 0) is 38.5 Å². The first kappa shape index (κ1) is 49.3. The Bertz CT molecular complexity index is 521. The topological polar surface area (TPSA) is 27.7 Å². The molecule has 0 saturated carbocycles. The van der Waals surface area contributed by atoms with Gasteiger partial charge in [0.2, 0.25) is 0 Å². The molecule has 0 aromatic rings. The van der Waals surface area contributed by atoms with E-state index in [1.54, 1.807) is 0 Å². The van der Waals surface area contributed by atoms with E-state index in [1.807, 2.05) is 0 Å². The molecular formula is C45H93O3P. The molecule has 0 heterocycles. The van der Waals surface area contributed by atoms with Crippen molar-refractivity contribution in [1.82, 2.24) is 0 Å². The summed E-state index contributed by atoms with van der Waals surface area (Å²) in [5.74, 6) is 0. The van der Waals surface area contributed by atoms with Crippen LogP contribution in [0.25, 0.3) is 0 Å². The second-order valence-corrected chi connectivity index (χ2v) is 16.7.